The lowest BCUT2D eigenvalue weighted by atomic mass is 9.95. The molecule has 3 heteroatoms. The Morgan fingerprint density at radius 1 is 1.14 bits per heavy atom. The molecule has 0 spiro atoms. The van der Waals surface area contributed by atoms with Gasteiger partial charge in [0.05, 0.1) is 13.2 Å². The Hall–Kier alpha value is -1.74. The van der Waals surface area contributed by atoms with E-state index in [2.05, 4.69) is 45.1 Å². The van der Waals surface area contributed by atoms with Crippen LogP contribution in [0.3, 0.4) is 0 Å². The fourth-order valence-corrected chi connectivity index (χ4v) is 2.46. The zero-order chi connectivity index (χ0) is 15.6. The van der Waals surface area contributed by atoms with Crippen LogP contribution in [0.5, 0.6) is 5.75 Å². The maximum absolute atomic E-state index is 6.01. The van der Waals surface area contributed by atoms with E-state index in [1.807, 2.05) is 19.2 Å². The summed E-state index contributed by atoms with van der Waals surface area (Å²) < 4.78 is 11.5. The molecular weight excluding hydrogens is 262 g/mol. The second kappa shape index (κ2) is 6.35. The highest BCUT2D eigenvalue weighted by atomic mass is 16.5. The first-order valence-corrected chi connectivity index (χ1v) is 7.43. The Kier molecular flexibility index (Phi) is 4.73. The van der Waals surface area contributed by atoms with Gasteiger partial charge in [-0.1, -0.05) is 13.8 Å². The molecule has 0 bridgehead atoms. The first kappa shape index (κ1) is 15.6. The summed E-state index contributed by atoms with van der Waals surface area (Å²) in [5.41, 5.74) is 3.50. The molecule has 1 atom stereocenters. The van der Waals surface area contributed by atoms with E-state index in [4.69, 9.17) is 9.15 Å². The minimum absolute atomic E-state index is 0.210. The normalized spacial score (nSPS) is 12.7. The van der Waals surface area contributed by atoms with Crippen LogP contribution in [0.15, 0.2) is 28.7 Å². The molecule has 0 fully saturated rings. The van der Waals surface area contributed by atoms with Gasteiger partial charge in [0, 0.05) is 5.56 Å². The first-order chi connectivity index (χ1) is 9.97. The SMILES string of the molecule is CNC(C)c1ccc(-c2cc(C(C)C)c(OC)cc2C)o1. The van der Waals surface area contributed by atoms with E-state index >= 15 is 0 Å². The fourth-order valence-electron chi connectivity index (χ4n) is 2.46. The first-order valence-electron chi connectivity index (χ1n) is 7.43. The van der Waals surface area contributed by atoms with Crippen LogP contribution in [-0.4, -0.2) is 14.2 Å². The summed E-state index contributed by atoms with van der Waals surface area (Å²) in [5, 5.41) is 3.19. The van der Waals surface area contributed by atoms with Crippen molar-refractivity contribution in [1.29, 1.82) is 0 Å². The van der Waals surface area contributed by atoms with Crippen LogP contribution >= 0.6 is 0 Å². The zero-order valence-electron chi connectivity index (χ0n) is 13.8. The molecule has 1 N–H and O–H groups in total. The van der Waals surface area contributed by atoms with E-state index in [1.165, 1.54) is 5.56 Å². The van der Waals surface area contributed by atoms with Gasteiger partial charge in [0.1, 0.15) is 17.3 Å². The number of ether oxygens (including phenoxy) is 1. The van der Waals surface area contributed by atoms with Gasteiger partial charge in [0.15, 0.2) is 0 Å². The number of hydrogen-bond donors (Lipinski definition) is 1. The molecule has 3 nitrogen and oxygen atoms in total. The quantitative estimate of drug-likeness (QED) is 0.868. The zero-order valence-corrected chi connectivity index (χ0v) is 13.8. The van der Waals surface area contributed by atoms with Gasteiger partial charge in [-0.15, -0.1) is 0 Å². The Morgan fingerprint density at radius 3 is 2.43 bits per heavy atom. The van der Waals surface area contributed by atoms with E-state index in [0.29, 0.717) is 5.92 Å². The lowest BCUT2D eigenvalue weighted by Gasteiger charge is -2.15. The summed E-state index contributed by atoms with van der Waals surface area (Å²) in [4.78, 5) is 0. The van der Waals surface area contributed by atoms with Gasteiger partial charge >= 0.3 is 0 Å². The van der Waals surface area contributed by atoms with E-state index in [1.54, 1.807) is 7.11 Å². The predicted octanol–water partition coefficient (Wildman–Crippen LogP) is 4.67. The van der Waals surface area contributed by atoms with E-state index in [9.17, 15) is 0 Å². The molecule has 21 heavy (non-hydrogen) atoms. The van der Waals surface area contributed by atoms with Gasteiger partial charge in [-0.05, 0) is 62.2 Å². The topological polar surface area (TPSA) is 34.4 Å². The molecule has 0 aliphatic rings. The summed E-state index contributed by atoms with van der Waals surface area (Å²) >= 11 is 0. The van der Waals surface area contributed by atoms with Crippen molar-refractivity contribution in [3.63, 3.8) is 0 Å². The Balaban J connectivity index is 2.48. The van der Waals surface area contributed by atoms with Crippen LogP contribution < -0.4 is 10.1 Å². The number of benzene rings is 1. The van der Waals surface area contributed by atoms with Crippen LogP contribution in [0.4, 0.5) is 0 Å². The summed E-state index contributed by atoms with van der Waals surface area (Å²) in [5.74, 6) is 3.22. The number of nitrogens with one attached hydrogen (secondary N) is 1. The van der Waals surface area contributed by atoms with Crippen LogP contribution in [0.2, 0.25) is 0 Å². The number of furan rings is 1. The molecule has 0 saturated heterocycles. The molecule has 114 valence electrons. The third kappa shape index (κ3) is 3.13. The molecule has 0 aliphatic heterocycles. The molecule has 0 saturated carbocycles. The van der Waals surface area contributed by atoms with Gasteiger partial charge in [0.2, 0.25) is 0 Å². The number of aryl methyl sites for hydroxylation is 1. The van der Waals surface area contributed by atoms with Gasteiger partial charge in [-0.2, -0.15) is 0 Å². The molecule has 2 aromatic rings. The van der Waals surface area contributed by atoms with Crippen LogP contribution in [-0.2, 0) is 0 Å². The van der Waals surface area contributed by atoms with E-state index in [0.717, 1.165) is 28.4 Å². The van der Waals surface area contributed by atoms with Crippen molar-refractivity contribution in [1.82, 2.24) is 5.32 Å². The van der Waals surface area contributed by atoms with Crippen LogP contribution in [0, 0.1) is 6.92 Å². The summed E-state index contributed by atoms with van der Waals surface area (Å²) in [6.07, 6.45) is 0. The number of hydrogen-bond acceptors (Lipinski definition) is 3. The Morgan fingerprint density at radius 2 is 1.86 bits per heavy atom. The number of rotatable bonds is 5. The molecule has 1 unspecified atom stereocenters. The molecule has 0 aliphatic carbocycles. The van der Waals surface area contributed by atoms with Gasteiger partial charge in [-0.25, -0.2) is 0 Å². The molecule has 1 aromatic heterocycles. The molecule has 1 aromatic carbocycles. The van der Waals surface area contributed by atoms with Crippen molar-refractivity contribution in [2.24, 2.45) is 0 Å². The minimum atomic E-state index is 0.210. The van der Waals surface area contributed by atoms with Crippen molar-refractivity contribution in [3.05, 3.63) is 41.2 Å². The Bertz CT molecular complexity index is 614. The number of methoxy groups -OCH3 is 1. The van der Waals surface area contributed by atoms with Gasteiger partial charge in [-0.3, -0.25) is 0 Å². The second-order valence-corrected chi connectivity index (χ2v) is 5.78. The van der Waals surface area contributed by atoms with Crippen molar-refractivity contribution in [2.45, 2.75) is 39.7 Å². The standard InChI is InChI=1S/C18H25NO2/c1-11(2)14-10-15(12(3)9-18(14)20-6)17-8-7-16(21-17)13(4)19-5/h7-11,13,19H,1-6H3. The molecule has 0 radical (unpaired) electrons. The lowest BCUT2D eigenvalue weighted by molar-refractivity contribution is 0.407. The summed E-state index contributed by atoms with van der Waals surface area (Å²) in [6.45, 7) is 8.52. The van der Waals surface area contributed by atoms with Crippen molar-refractivity contribution in [2.75, 3.05) is 14.2 Å². The monoisotopic (exact) mass is 287 g/mol. The third-order valence-corrected chi connectivity index (χ3v) is 3.95. The van der Waals surface area contributed by atoms with Crippen molar-refractivity contribution < 1.29 is 9.15 Å². The molecular formula is C18H25NO2. The lowest BCUT2D eigenvalue weighted by Crippen LogP contribution is -2.11. The van der Waals surface area contributed by atoms with Crippen LogP contribution in [0.25, 0.3) is 11.3 Å². The van der Waals surface area contributed by atoms with Crippen molar-refractivity contribution in [3.8, 4) is 17.1 Å². The largest absolute Gasteiger partial charge is 0.496 e. The van der Waals surface area contributed by atoms with E-state index < -0.39 is 0 Å². The van der Waals surface area contributed by atoms with Gasteiger partial charge in [0.25, 0.3) is 0 Å². The summed E-state index contributed by atoms with van der Waals surface area (Å²) in [6, 6.07) is 8.57. The second-order valence-electron chi connectivity index (χ2n) is 5.78. The average Bonchev–Trinajstić information content (AvgIpc) is 2.95. The smallest absolute Gasteiger partial charge is 0.134 e. The molecule has 2 rings (SSSR count). The van der Waals surface area contributed by atoms with Crippen molar-refractivity contribution >= 4 is 0 Å². The Labute approximate surface area is 127 Å². The van der Waals surface area contributed by atoms with E-state index in [-0.39, 0.29) is 6.04 Å². The maximum atomic E-state index is 6.01. The third-order valence-electron chi connectivity index (χ3n) is 3.95. The molecule has 1 heterocycles. The predicted molar refractivity (Wildman–Crippen MR) is 87.0 cm³/mol. The minimum Gasteiger partial charge on any atom is -0.496 e. The maximum Gasteiger partial charge on any atom is 0.134 e. The van der Waals surface area contributed by atoms with Crippen LogP contribution in [0.1, 0.15) is 49.6 Å². The highest BCUT2D eigenvalue weighted by Crippen LogP contribution is 2.35. The summed E-state index contributed by atoms with van der Waals surface area (Å²) in [7, 11) is 3.66. The molecule has 0 amide bonds. The average molecular weight is 287 g/mol. The highest BCUT2D eigenvalue weighted by Gasteiger charge is 2.15. The highest BCUT2D eigenvalue weighted by molar-refractivity contribution is 5.66. The van der Waals surface area contributed by atoms with Gasteiger partial charge < -0.3 is 14.5 Å². The fraction of sp³-hybridized carbons (Fsp3) is 0.444.